The van der Waals surface area contributed by atoms with E-state index in [4.69, 9.17) is 11.8 Å². The molecule has 0 aliphatic rings. The van der Waals surface area contributed by atoms with E-state index in [1.54, 1.807) is 12.3 Å². The quantitative estimate of drug-likeness (QED) is 0.609. The largest absolute Gasteiger partial charge is 0.273 e. The summed E-state index contributed by atoms with van der Waals surface area (Å²) in [5.41, 5.74) is 1.50. The highest BCUT2D eigenvalue weighted by Crippen LogP contribution is 2.27. The van der Waals surface area contributed by atoms with Crippen LogP contribution in [0.4, 0.5) is 5.69 Å². The summed E-state index contributed by atoms with van der Waals surface area (Å²) in [5.74, 6) is 0.178. The Hall–Kier alpha value is -1.87. The van der Waals surface area contributed by atoms with Crippen molar-refractivity contribution < 1.29 is 0 Å². The van der Waals surface area contributed by atoms with Gasteiger partial charge in [0.15, 0.2) is 0 Å². The van der Waals surface area contributed by atoms with Gasteiger partial charge in [-0.3, -0.25) is 4.98 Å². The Morgan fingerprint density at radius 3 is 2.77 bits per heavy atom. The highest BCUT2D eigenvalue weighted by atomic mass is 14.8. The summed E-state index contributed by atoms with van der Waals surface area (Å²) in [4.78, 5) is 7.42. The number of pyridine rings is 1. The summed E-state index contributed by atoms with van der Waals surface area (Å²) >= 11 is 0. The van der Waals surface area contributed by atoms with Gasteiger partial charge in [-0.05, 0) is 12.0 Å². The predicted octanol–water partition coefficient (Wildman–Crippen LogP) is 2.63. The van der Waals surface area contributed by atoms with Crippen LogP contribution in [0, 0.1) is 17.9 Å². The molecule has 0 saturated heterocycles. The second-order valence-electron chi connectivity index (χ2n) is 2.97. The van der Waals surface area contributed by atoms with Crippen LogP contribution in [0.2, 0.25) is 0 Å². The van der Waals surface area contributed by atoms with Crippen LogP contribution in [0.3, 0.4) is 0 Å². The van der Waals surface area contributed by atoms with E-state index in [9.17, 15) is 0 Å². The van der Waals surface area contributed by atoms with Crippen molar-refractivity contribution in [3.8, 4) is 6.07 Å². The highest BCUT2D eigenvalue weighted by molar-refractivity contribution is 5.61. The van der Waals surface area contributed by atoms with Crippen molar-refractivity contribution >= 4 is 5.69 Å². The minimum absolute atomic E-state index is 0.178. The molecule has 0 amide bonds. The number of aromatic nitrogens is 1. The van der Waals surface area contributed by atoms with E-state index in [2.05, 4.69) is 9.83 Å². The SMILES string of the molecule is [C-]#[N+]c1c(C#N)ccnc1C(C)C. The summed E-state index contributed by atoms with van der Waals surface area (Å²) in [5, 5.41) is 8.73. The van der Waals surface area contributed by atoms with Gasteiger partial charge in [0, 0.05) is 6.20 Å². The molecular formula is C10H9N3. The molecule has 0 aromatic carbocycles. The van der Waals surface area contributed by atoms with Crippen molar-refractivity contribution in [3.05, 3.63) is 34.9 Å². The fourth-order valence-corrected chi connectivity index (χ4v) is 1.10. The predicted molar refractivity (Wildman–Crippen MR) is 49.3 cm³/mol. The van der Waals surface area contributed by atoms with Crippen molar-refractivity contribution in [3.63, 3.8) is 0 Å². The first-order valence-corrected chi connectivity index (χ1v) is 3.97. The van der Waals surface area contributed by atoms with Crippen molar-refractivity contribution in [2.24, 2.45) is 0 Å². The van der Waals surface area contributed by atoms with Crippen molar-refractivity contribution in [1.82, 2.24) is 4.98 Å². The normalized spacial score (nSPS) is 9.31. The van der Waals surface area contributed by atoms with Crippen LogP contribution < -0.4 is 0 Å². The molecule has 1 rings (SSSR count). The Labute approximate surface area is 77.5 Å². The Kier molecular flexibility index (Phi) is 2.62. The van der Waals surface area contributed by atoms with E-state index in [0.29, 0.717) is 16.9 Å². The Balaban J connectivity index is 3.40. The van der Waals surface area contributed by atoms with Crippen molar-refractivity contribution in [2.75, 3.05) is 0 Å². The average Bonchev–Trinajstić information content (AvgIpc) is 2.16. The summed E-state index contributed by atoms with van der Waals surface area (Å²) in [6, 6.07) is 3.56. The molecule has 0 bridgehead atoms. The molecule has 0 fully saturated rings. The molecule has 3 nitrogen and oxygen atoms in total. The van der Waals surface area contributed by atoms with Crippen LogP contribution in [-0.4, -0.2) is 4.98 Å². The molecule has 0 saturated carbocycles. The van der Waals surface area contributed by atoms with E-state index < -0.39 is 0 Å². The molecule has 0 spiro atoms. The zero-order chi connectivity index (χ0) is 9.84. The molecule has 0 atom stereocenters. The lowest BCUT2D eigenvalue weighted by Gasteiger charge is -2.06. The first-order chi connectivity index (χ1) is 6.20. The second kappa shape index (κ2) is 3.69. The summed E-state index contributed by atoms with van der Waals surface area (Å²) in [6.45, 7) is 10.9. The van der Waals surface area contributed by atoms with Crippen LogP contribution in [0.15, 0.2) is 12.3 Å². The Morgan fingerprint density at radius 2 is 2.31 bits per heavy atom. The fourth-order valence-electron chi connectivity index (χ4n) is 1.10. The number of nitrogens with zero attached hydrogens (tertiary/aromatic N) is 3. The molecule has 1 heterocycles. The molecule has 13 heavy (non-hydrogen) atoms. The van der Waals surface area contributed by atoms with Gasteiger partial charge in [0.2, 0.25) is 5.69 Å². The molecule has 0 aliphatic heterocycles. The molecule has 0 unspecified atom stereocenters. The van der Waals surface area contributed by atoms with Gasteiger partial charge in [-0.15, -0.1) is 0 Å². The third-order valence-electron chi connectivity index (χ3n) is 1.73. The lowest BCUT2D eigenvalue weighted by atomic mass is 10.1. The molecule has 1 aromatic heterocycles. The maximum Gasteiger partial charge on any atom is 0.225 e. The van der Waals surface area contributed by atoms with Crippen LogP contribution in [0.5, 0.6) is 0 Å². The minimum Gasteiger partial charge on any atom is -0.273 e. The van der Waals surface area contributed by atoms with Gasteiger partial charge in [0.25, 0.3) is 0 Å². The van der Waals surface area contributed by atoms with Gasteiger partial charge < -0.3 is 0 Å². The fraction of sp³-hybridized carbons (Fsp3) is 0.300. The average molecular weight is 171 g/mol. The molecule has 0 N–H and O–H groups in total. The van der Waals surface area contributed by atoms with Gasteiger partial charge in [-0.25, -0.2) is 4.85 Å². The monoisotopic (exact) mass is 171 g/mol. The molecule has 1 aromatic rings. The first kappa shape index (κ1) is 9.22. The summed E-state index contributed by atoms with van der Waals surface area (Å²) in [6.07, 6.45) is 1.57. The lowest BCUT2D eigenvalue weighted by molar-refractivity contribution is 0.827. The minimum atomic E-state index is 0.178. The van der Waals surface area contributed by atoms with E-state index in [1.807, 2.05) is 19.9 Å². The molecule has 64 valence electrons. The van der Waals surface area contributed by atoms with Crippen molar-refractivity contribution in [2.45, 2.75) is 19.8 Å². The number of hydrogen-bond donors (Lipinski definition) is 0. The van der Waals surface area contributed by atoms with Crippen molar-refractivity contribution in [1.29, 1.82) is 5.26 Å². The maximum absolute atomic E-state index is 8.73. The first-order valence-electron chi connectivity index (χ1n) is 3.97. The van der Waals surface area contributed by atoms with Crippen LogP contribution in [0.1, 0.15) is 31.0 Å². The van der Waals surface area contributed by atoms with Crippen LogP contribution >= 0.6 is 0 Å². The lowest BCUT2D eigenvalue weighted by Crippen LogP contribution is -1.93. The zero-order valence-electron chi connectivity index (χ0n) is 7.57. The van der Waals surface area contributed by atoms with Crippen LogP contribution in [-0.2, 0) is 0 Å². The molecule has 0 radical (unpaired) electrons. The van der Waals surface area contributed by atoms with E-state index in [0.717, 1.165) is 0 Å². The van der Waals surface area contributed by atoms with Gasteiger partial charge in [0.05, 0.1) is 23.9 Å². The number of hydrogen-bond acceptors (Lipinski definition) is 2. The van der Waals surface area contributed by atoms with Gasteiger partial charge in [0.1, 0.15) is 0 Å². The number of nitriles is 1. The highest BCUT2D eigenvalue weighted by Gasteiger charge is 2.11. The third kappa shape index (κ3) is 1.65. The zero-order valence-corrected chi connectivity index (χ0v) is 7.57. The molecular weight excluding hydrogens is 162 g/mol. The van der Waals surface area contributed by atoms with E-state index >= 15 is 0 Å². The smallest absolute Gasteiger partial charge is 0.225 e. The molecule has 0 aliphatic carbocycles. The van der Waals surface area contributed by atoms with Gasteiger partial charge in [-0.2, -0.15) is 5.26 Å². The topological polar surface area (TPSA) is 41.0 Å². The number of rotatable bonds is 1. The Morgan fingerprint density at radius 1 is 1.62 bits per heavy atom. The van der Waals surface area contributed by atoms with Gasteiger partial charge in [-0.1, -0.05) is 13.8 Å². The third-order valence-corrected chi connectivity index (χ3v) is 1.73. The summed E-state index contributed by atoms with van der Waals surface area (Å²) < 4.78 is 0. The summed E-state index contributed by atoms with van der Waals surface area (Å²) in [7, 11) is 0. The van der Waals surface area contributed by atoms with E-state index in [1.165, 1.54) is 0 Å². The molecule has 3 heteroatoms. The maximum atomic E-state index is 8.73. The van der Waals surface area contributed by atoms with Gasteiger partial charge >= 0.3 is 0 Å². The second-order valence-corrected chi connectivity index (χ2v) is 2.97. The Bertz CT molecular complexity index is 394. The van der Waals surface area contributed by atoms with Crippen LogP contribution in [0.25, 0.3) is 4.85 Å². The standard InChI is InChI=1S/C10H9N3/c1-7(2)9-10(12-3)8(6-11)4-5-13-9/h4-5,7H,1-2H3. The van der Waals surface area contributed by atoms with E-state index in [-0.39, 0.29) is 5.92 Å².